The average molecular weight is 287 g/mol. The number of methoxy groups -OCH3 is 1. The van der Waals surface area contributed by atoms with Crippen molar-refractivity contribution in [3.8, 4) is 0 Å². The van der Waals surface area contributed by atoms with E-state index in [2.05, 4.69) is 5.32 Å². The van der Waals surface area contributed by atoms with E-state index in [9.17, 15) is 9.18 Å². The van der Waals surface area contributed by atoms with E-state index in [1.54, 1.807) is 19.1 Å². The summed E-state index contributed by atoms with van der Waals surface area (Å²) in [4.78, 5) is 11.9. The Bertz CT molecular complexity index is 613. The summed E-state index contributed by atoms with van der Waals surface area (Å²) in [5, 5.41) is 3.11. The molecular formula is C17H18FNO2. The smallest absolute Gasteiger partial charge is 0.327 e. The predicted molar refractivity (Wildman–Crippen MR) is 79.2 cm³/mol. The predicted octanol–water partition coefficient (Wildman–Crippen LogP) is 3.14. The molecule has 2 rings (SSSR count). The van der Waals surface area contributed by atoms with Crippen LogP contribution in [0, 0.1) is 12.7 Å². The molecule has 0 aliphatic rings. The lowest BCUT2D eigenvalue weighted by atomic mass is 10.0. The second kappa shape index (κ2) is 6.99. The molecule has 0 bridgehead atoms. The molecule has 0 saturated heterocycles. The second-order valence-corrected chi connectivity index (χ2v) is 4.83. The van der Waals surface area contributed by atoms with Gasteiger partial charge < -0.3 is 4.74 Å². The van der Waals surface area contributed by atoms with Gasteiger partial charge in [0.1, 0.15) is 11.9 Å². The first-order chi connectivity index (χ1) is 10.1. The molecular weight excluding hydrogens is 269 g/mol. The SMILES string of the molecule is COC(=O)C(NCc1ccccc1)c1ccc(C)c(F)c1. The minimum absolute atomic E-state index is 0.331. The van der Waals surface area contributed by atoms with Crippen molar-refractivity contribution in [2.45, 2.75) is 19.5 Å². The van der Waals surface area contributed by atoms with Gasteiger partial charge in [0, 0.05) is 6.54 Å². The standard InChI is InChI=1S/C17H18FNO2/c1-12-8-9-14(10-15(12)18)16(17(20)21-2)19-11-13-6-4-3-5-7-13/h3-10,16,19H,11H2,1-2H3. The lowest BCUT2D eigenvalue weighted by Crippen LogP contribution is -2.29. The highest BCUT2D eigenvalue weighted by atomic mass is 19.1. The summed E-state index contributed by atoms with van der Waals surface area (Å²) in [6.07, 6.45) is 0. The molecule has 0 saturated carbocycles. The van der Waals surface area contributed by atoms with Crippen LogP contribution in [0.1, 0.15) is 22.7 Å². The number of carbonyl (C=O) groups excluding carboxylic acids is 1. The third-order valence-corrected chi connectivity index (χ3v) is 3.32. The molecule has 4 heteroatoms. The maximum absolute atomic E-state index is 13.7. The molecule has 0 heterocycles. The number of benzene rings is 2. The first-order valence-corrected chi connectivity index (χ1v) is 6.73. The van der Waals surface area contributed by atoms with Gasteiger partial charge in [0.25, 0.3) is 0 Å². The Labute approximate surface area is 123 Å². The fourth-order valence-electron chi connectivity index (χ4n) is 2.06. The van der Waals surface area contributed by atoms with Crippen LogP contribution in [-0.4, -0.2) is 13.1 Å². The number of hydrogen-bond acceptors (Lipinski definition) is 3. The highest BCUT2D eigenvalue weighted by Crippen LogP contribution is 2.18. The molecule has 0 spiro atoms. The molecule has 110 valence electrons. The van der Waals surface area contributed by atoms with Crippen molar-refractivity contribution in [1.29, 1.82) is 0 Å². The first-order valence-electron chi connectivity index (χ1n) is 6.73. The van der Waals surface area contributed by atoms with Gasteiger partial charge in [0.05, 0.1) is 7.11 Å². The third-order valence-electron chi connectivity index (χ3n) is 3.32. The van der Waals surface area contributed by atoms with Crippen molar-refractivity contribution in [2.24, 2.45) is 0 Å². The molecule has 0 aromatic heterocycles. The highest BCUT2D eigenvalue weighted by Gasteiger charge is 2.21. The van der Waals surface area contributed by atoms with Crippen LogP contribution in [0.5, 0.6) is 0 Å². The van der Waals surface area contributed by atoms with Crippen molar-refractivity contribution in [3.63, 3.8) is 0 Å². The fourth-order valence-corrected chi connectivity index (χ4v) is 2.06. The van der Waals surface area contributed by atoms with Gasteiger partial charge in [-0.15, -0.1) is 0 Å². The van der Waals surface area contributed by atoms with Crippen LogP contribution < -0.4 is 5.32 Å². The van der Waals surface area contributed by atoms with Crippen molar-refractivity contribution in [3.05, 3.63) is 71.0 Å². The Morgan fingerprint density at radius 3 is 2.57 bits per heavy atom. The van der Waals surface area contributed by atoms with E-state index in [4.69, 9.17) is 4.74 Å². The Morgan fingerprint density at radius 1 is 1.24 bits per heavy atom. The quantitative estimate of drug-likeness (QED) is 0.859. The Morgan fingerprint density at radius 2 is 1.95 bits per heavy atom. The summed E-state index contributed by atoms with van der Waals surface area (Å²) in [5.74, 6) is -0.767. The van der Waals surface area contributed by atoms with E-state index in [1.807, 2.05) is 30.3 Å². The van der Waals surface area contributed by atoms with Gasteiger partial charge in [-0.2, -0.15) is 0 Å². The van der Waals surface area contributed by atoms with Crippen LogP contribution in [0.4, 0.5) is 4.39 Å². The maximum Gasteiger partial charge on any atom is 0.327 e. The normalized spacial score (nSPS) is 12.0. The fraction of sp³-hybridized carbons (Fsp3) is 0.235. The molecule has 0 fully saturated rings. The van der Waals surface area contributed by atoms with Gasteiger partial charge in [0.15, 0.2) is 0 Å². The van der Waals surface area contributed by atoms with E-state index < -0.39 is 12.0 Å². The number of carbonyl (C=O) groups is 1. The van der Waals surface area contributed by atoms with Gasteiger partial charge in [-0.1, -0.05) is 42.5 Å². The lowest BCUT2D eigenvalue weighted by molar-refractivity contribution is -0.143. The van der Waals surface area contributed by atoms with Gasteiger partial charge in [-0.3, -0.25) is 5.32 Å². The molecule has 21 heavy (non-hydrogen) atoms. The van der Waals surface area contributed by atoms with E-state index in [0.29, 0.717) is 17.7 Å². The van der Waals surface area contributed by atoms with Crippen LogP contribution in [-0.2, 0) is 16.1 Å². The zero-order valence-electron chi connectivity index (χ0n) is 12.1. The second-order valence-electron chi connectivity index (χ2n) is 4.83. The molecule has 0 aliphatic carbocycles. The largest absolute Gasteiger partial charge is 0.468 e. The zero-order chi connectivity index (χ0) is 15.2. The van der Waals surface area contributed by atoms with Crippen LogP contribution in [0.15, 0.2) is 48.5 Å². The van der Waals surface area contributed by atoms with Gasteiger partial charge in [0.2, 0.25) is 0 Å². The molecule has 3 nitrogen and oxygen atoms in total. The molecule has 1 N–H and O–H groups in total. The minimum atomic E-state index is -0.690. The van der Waals surface area contributed by atoms with E-state index in [1.165, 1.54) is 13.2 Å². The summed E-state index contributed by atoms with van der Waals surface area (Å²) in [6, 6.07) is 13.8. The minimum Gasteiger partial charge on any atom is -0.468 e. The van der Waals surface area contributed by atoms with Gasteiger partial charge in [-0.25, -0.2) is 9.18 Å². The summed E-state index contributed by atoms with van der Waals surface area (Å²) >= 11 is 0. The third kappa shape index (κ3) is 3.89. The van der Waals surface area contributed by atoms with E-state index in [-0.39, 0.29) is 5.82 Å². The molecule has 0 aliphatic heterocycles. The van der Waals surface area contributed by atoms with Crippen molar-refractivity contribution in [1.82, 2.24) is 5.32 Å². The molecule has 1 unspecified atom stereocenters. The number of ether oxygens (including phenoxy) is 1. The van der Waals surface area contributed by atoms with Crippen LogP contribution in [0.25, 0.3) is 0 Å². The summed E-state index contributed by atoms with van der Waals surface area (Å²) in [5.41, 5.74) is 2.14. The summed E-state index contributed by atoms with van der Waals surface area (Å²) in [6.45, 7) is 2.18. The molecule has 2 aromatic carbocycles. The zero-order valence-corrected chi connectivity index (χ0v) is 12.1. The van der Waals surface area contributed by atoms with Crippen LogP contribution in [0.2, 0.25) is 0 Å². The molecule has 0 radical (unpaired) electrons. The maximum atomic E-state index is 13.7. The number of halogens is 1. The number of esters is 1. The topological polar surface area (TPSA) is 38.3 Å². The number of aryl methyl sites for hydroxylation is 1. The van der Waals surface area contributed by atoms with E-state index in [0.717, 1.165) is 5.56 Å². The lowest BCUT2D eigenvalue weighted by Gasteiger charge is -2.17. The van der Waals surface area contributed by atoms with Gasteiger partial charge >= 0.3 is 5.97 Å². The monoisotopic (exact) mass is 287 g/mol. The number of nitrogens with one attached hydrogen (secondary N) is 1. The Hall–Kier alpha value is -2.20. The van der Waals surface area contributed by atoms with Gasteiger partial charge in [-0.05, 0) is 29.7 Å². The highest BCUT2D eigenvalue weighted by molar-refractivity contribution is 5.77. The Kier molecular flexibility index (Phi) is 5.06. The van der Waals surface area contributed by atoms with Crippen LogP contribution >= 0.6 is 0 Å². The van der Waals surface area contributed by atoms with E-state index >= 15 is 0 Å². The van der Waals surface area contributed by atoms with Crippen molar-refractivity contribution < 1.29 is 13.9 Å². The average Bonchev–Trinajstić information content (AvgIpc) is 2.51. The molecule has 1 atom stereocenters. The summed E-state index contributed by atoms with van der Waals surface area (Å²) in [7, 11) is 1.32. The molecule has 2 aromatic rings. The first kappa shape index (κ1) is 15.2. The number of rotatable bonds is 5. The summed E-state index contributed by atoms with van der Waals surface area (Å²) < 4.78 is 18.5. The molecule has 0 amide bonds. The van der Waals surface area contributed by atoms with Crippen LogP contribution in [0.3, 0.4) is 0 Å². The Balaban J connectivity index is 2.18. The van der Waals surface area contributed by atoms with Crippen molar-refractivity contribution in [2.75, 3.05) is 7.11 Å². The number of hydrogen-bond donors (Lipinski definition) is 1. The van der Waals surface area contributed by atoms with Crippen molar-refractivity contribution >= 4 is 5.97 Å².